The number of hydrogen-bond acceptors (Lipinski definition) is 5. The van der Waals surface area contributed by atoms with Gasteiger partial charge in [-0.3, -0.25) is 4.72 Å². The molecular weight excluding hydrogens is 434 g/mol. The number of nitrogens with one attached hydrogen (secondary N) is 1. The van der Waals surface area contributed by atoms with Gasteiger partial charge in [-0.15, -0.1) is 0 Å². The van der Waals surface area contributed by atoms with Crippen LogP contribution in [0.3, 0.4) is 0 Å². The highest BCUT2D eigenvalue weighted by atomic mass is 32.2. The van der Waals surface area contributed by atoms with Crippen molar-refractivity contribution in [2.75, 3.05) is 4.72 Å². The Kier molecular flexibility index (Phi) is 5.04. The third-order valence-corrected chi connectivity index (χ3v) is 6.92. The molecule has 2 heterocycles. The van der Waals surface area contributed by atoms with Gasteiger partial charge >= 0.3 is 0 Å². The van der Waals surface area contributed by atoms with Crippen LogP contribution in [-0.2, 0) is 10.0 Å². The Morgan fingerprint density at radius 3 is 2.09 bits per heavy atom. The molecule has 0 amide bonds. The van der Waals surface area contributed by atoms with E-state index in [1.807, 2.05) is 61.5 Å². The Bertz CT molecular complexity index is 1620. The van der Waals surface area contributed by atoms with E-state index in [0.29, 0.717) is 22.2 Å². The second-order valence-electron chi connectivity index (χ2n) is 7.60. The maximum Gasteiger partial charge on any atom is 0.263 e. The van der Waals surface area contributed by atoms with Gasteiger partial charge in [-0.05, 0) is 36.8 Å². The second kappa shape index (κ2) is 8.04. The molecule has 33 heavy (non-hydrogen) atoms. The van der Waals surface area contributed by atoms with Gasteiger partial charge in [0, 0.05) is 0 Å². The average Bonchev–Trinajstić information content (AvgIpc) is 3.14. The summed E-state index contributed by atoms with van der Waals surface area (Å²) < 4.78 is 30.8. The van der Waals surface area contributed by atoms with Gasteiger partial charge in [-0.25, -0.2) is 18.4 Å². The lowest BCUT2D eigenvalue weighted by Gasteiger charge is -2.19. The number of anilines is 1. The van der Waals surface area contributed by atoms with E-state index >= 15 is 0 Å². The Morgan fingerprint density at radius 2 is 1.45 bits per heavy atom. The molecule has 1 N–H and O–H groups in total. The number of rotatable bonds is 5. The predicted molar refractivity (Wildman–Crippen MR) is 127 cm³/mol. The molecule has 0 spiro atoms. The van der Waals surface area contributed by atoms with E-state index in [1.165, 1.54) is 12.1 Å². The third-order valence-electron chi connectivity index (χ3n) is 5.56. The SMILES string of the molecule is C[C@@H](c1ccccc1)n1c(NS(=O)(=O)c2ccccc2)c(C#N)c2nc3ccccc3nc21. The van der Waals surface area contributed by atoms with Gasteiger partial charge in [-0.1, -0.05) is 60.7 Å². The molecule has 0 radical (unpaired) electrons. The van der Waals surface area contributed by atoms with Crippen molar-refractivity contribution in [3.63, 3.8) is 0 Å². The van der Waals surface area contributed by atoms with Crippen LogP contribution in [0.15, 0.2) is 89.8 Å². The van der Waals surface area contributed by atoms with Crippen molar-refractivity contribution in [1.29, 1.82) is 5.26 Å². The van der Waals surface area contributed by atoms with E-state index in [9.17, 15) is 13.7 Å². The summed E-state index contributed by atoms with van der Waals surface area (Å²) in [5.41, 5.74) is 3.14. The molecule has 0 bridgehead atoms. The molecular formula is C25H19N5O2S. The standard InChI is InChI=1S/C25H19N5O2S/c1-17(18-10-4-2-5-11-18)30-24(29-33(31,32)19-12-6-3-7-13-19)20(16-26)23-25(30)28-22-15-9-8-14-21(22)27-23/h2-15,17,29H,1H3/t17-/m0/s1. The minimum absolute atomic E-state index is 0.101. The molecule has 162 valence electrons. The summed E-state index contributed by atoms with van der Waals surface area (Å²) in [6.07, 6.45) is 0. The predicted octanol–water partition coefficient (Wildman–Crippen LogP) is 4.87. The smallest absolute Gasteiger partial charge is 0.263 e. The summed E-state index contributed by atoms with van der Waals surface area (Å²) in [5.74, 6) is 0.142. The lowest BCUT2D eigenvalue weighted by Crippen LogP contribution is -2.18. The molecule has 0 aliphatic carbocycles. The number of para-hydroxylation sites is 2. The first kappa shape index (κ1) is 20.7. The largest absolute Gasteiger partial charge is 0.302 e. The van der Waals surface area contributed by atoms with Crippen LogP contribution in [-0.4, -0.2) is 23.0 Å². The first-order chi connectivity index (χ1) is 16.0. The molecule has 3 aromatic carbocycles. The van der Waals surface area contributed by atoms with Crippen molar-refractivity contribution in [1.82, 2.24) is 14.5 Å². The van der Waals surface area contributed by atoms with Crippen LogP contribution in [0, 0.1) is 11.3 Å². The van der Waals surface area contributed by atoms with Gasteiger partial charge in [0.15, 0.2) is 5.65 Å². The molecule has 0 fully saturated rings. The lowest BCUT2D eigenvalue weighted by molar-refractivity contribution is 0.599. The number of nitriles is 1. The van der Waals surface area contributed by atoms with Crippen LogP contribution in [0.25, 0.3) is 22.2 Å². The fourth-order valence-electron chi connectivity index (χ4n) is 3.91. The Hall–Kier alpha value is -4.22. The van der Waals surface area contributed by atoms with Gasteiger partial charge in [0.25, 0.3) is 10.0 Å². The molecule has 8 heteroatoms. The Labute approximate surface area is 191 Å². The van der Waals surface area contributed by atoms with E-state index in [0.717, 1.165) is 5.56 Å². The van der Waals surface area contributed by atoms with Gasteiger partial charge in [0.1, 0.15) is 23.0 Å². The molecule has 5 aromatic rings. The summed E-state index contributed by atoms with van der Waals surface area (Å²) in [6, 6.07) is 26.9. The van der Waals surface area contributed by atoms with Crippen LogP contribution in [0.2, 0.25) is 0 Å². The maximum atomic E-state index is 13.2. The number of benzene rings is 3. The summed E-state index contributed by atoms with van der Waals surface area (Å²) in [6.45, 7) is 1.94. The van der Waals surface area contributed by atoms with E-state index in [2.05, 4.69) is 15.8 Å². The number of nitrogens with zero attached hydrogens (tertiary/aromatic N) is 4. The monoisotopic (exact) mass is 453 g/mol. The van der Waals surface area contributed by atoms with Gasteiger partial charge in [0.05, 0.1) is 22.0 Å². The number of hydrogen-bond donors (Lipinski definition) is 1. The maximum absolute atomic E-state index is 13.2. The van der Waals surface area contributed by atoms with Crippen molar-refractivity contribution >= 4 is 38.0 Å². The normalized spacial score (nSPS) is 12.5. The third kappa shape index (κ3) is 3.58. The summed E-state index contributed by atoms with van der Waals surface area (Å²) in [7, 11) is -3.96. The Balaban J connectivity index is 1.81. The Morgan fingerprint density at radius 1 is 0.879 bits per heavy atom. The fraction of sp³-hybridized carbons (Fsp3) is 0.0800. The number of aromatic nitrogens is 3. The zero-order valence-electron chi connectivity index (χ0n) is 17.7. The molecule has 5 rings (SSSR count). The van der Waals surface area contributed by atoms with Gasteiger partial charge < -0.3 is 4.57 Å². The topological polar surface area (TPSA) is 101 Å². The molecule has 7 nitrogen and oxygen atoms in total. The quantitative estimate of drug-likeness (QED) is 0.409. The average molecular weight is 454 g/mol. The first-order valence-corrected chi connectivity index (χ1v) is 11.8. The van der Waals surface area contributed by atoms with E-state index in [4.69, 9.17) is 4.98 Å². The summed E-state index contributed by atoms with van der Waals surface area (Å²) in [4.78, 5) is 9.54. The summed E-state index contributed by atoms with van der Waals surface area (Å²) in [5, 5.41) is 10.1. The minimum atomic E-state index is -3.96. The fourth-order valence-corrected chi connectivity index (χ4v) is 5.00. The molecule has 0 unspecified atom stereocenters. The highest BCUT2D eigenvalue weighted by molar-refractivity contribution is 7.92. The van der Waals surface area contributed by atoms with Gasteiger partial charge in [0.2, 0.25) is 0 Å². The van der Waals surface area contributed by atoms with Gasteiger partial charge in [-0.2, -0.15) is 5.26 Å². The van der Waals surface area contributed by atoms with Crippen molar-refractivity contribution < 1.29 is 8.42 Å². The van der Waals surface area contributed by atoms with Crippen molar-refractivity contribution in [3.8, 4) is 6.07 Å². The first-order valence-electron chi connectivity index (χ1n) is 10.3. The van der Waals surface area contributed by atoms with Crippen molar-refractivity contribution in [2.24, 2.45) is 0 Å². The van der Waals surface area contributed by atoms with E-state index in [-0.39, 0.29) is 22.3 Å². The van der Waals surface area contributed by atoms with Crippen LogP contribution in [0.5, 0.6) is 0 Å². The zero-order valence-corrected chi connectivity index (χ0v) is 18.5. The highest BCUT2D eigenvalue weighted by Gasteiger charge is 2.28. The summed E-state index contributed by atoms with van der Waals surface area (Å²) >= 11 is 0. The molecule has 0 saturated carbocycles. The number of sulfonamides is 1. The van der Waals surface area contributed by atoms with Crippen molar-refractivity contribution in [3.05, 3.63) is 96.1 Å². The molecule has 2 aromatic heterocycles. The van der Waals surface area contributed by atoms with Crippen molar-refractivity contribution in [2.45, 2.75) is 17.9 Å². The van der Waals surface area contributed by atoms with Crippen LogP contribution < -0.4 is 4.72 Å². The molecule has 0 aliphatic heterocycles. The van der Waals surface area contributed by atoms with Crippen LogP contribution >= 0.6 is 0 Å². The lowest BCUT2D eigenvalue weighted by atomic mass is 10.1. The van der Waals surface area contributed by atoms with Crippen LogP contribution in [0.1, 0.15) is 24.1 Å². The highest BCUT2D eigenvalue weighted by Crippen LogP contribution is 2.35. The molecule has 0 aliphatic rings. The molecule has 0 saturated heterocycles. The zero-order chi connectivity index (χ0) is 23.0. The second-order valence-corrected chi connectivity index (χ2v) is 9.28. The van der Waals surface area contributed by atoms with Crippen LogP contribution in [0.4, 0.5) is 5.82 Å². The van der Waals surface area contributed by atoms with E-state index < -0.39 is 10.0 Å². The van der Waals surface area contributed by atoms with E-state index in [1.54, 1.807) is 22.8 Å². The molecule has 1 atom stereocenters. The number of fused-ring (bicyclic) bond motifs is 2. The minimum Gasteiger partial charge on any atom is -0.302 e.